The Morgan fingerprint density at radius 3 is 2.43 bits per heavy atom. The van der Waals surface area contributed by atoms with Crippen molar-refractivity contribution in [2.45, 2.75) is 25.1 Å². The van der Waals surface area contributed by atoms with Gasteiger partial charge in [-0.25, -0.2) is 0 Å². The molecule has 1 atom stereocenters. The van der Waals surface area contributed by atoms with E-state index in [-0.39, 0.29) is 8.80 Å². The first kappa shape index (κ1) is 12.8. The third-order valence-corrected chi connectivity index (χ3v) is 5.78. The van der Waals surface area contributed by atoms with Crippen molar-refractivity contribution in [3.63, 3.8) is 0 Å². The highest BCUT2D eigenvalue weighted by Gasteiger charge is 2.30. The highest BCUT2D eigenvalue weighted by atomic mass is 28.3. The smallest absolute Gasteiger partial charge is 0.0422 e. The molecule has 1 aliphatic carbocycles. The molecule has 0 aromatic heterocycles. The first-order valence-electron chi connectivity index (χ1n) is 7.65. The molecule has 0 heterocycles. The Kier molecular flexibility index (Phi) is 2.97. The number of rotatable bonds is 2. The number of hydrogen-bond donors (Lipinski definition) is 0. The Morgan fingerprint density at radius 2 is 1.57 bits per heavy atom. The fourth-order valence-electron chi connectivity index (χ4n) is 3.70. The van der Waals surface area contributed by atoms with Crippen LogP contribution in [0.4, 0.5) is 0 Å². The topological polar surface area (TPSA) is 0 Å². The molecule has 0 spiro atoms. The molecular formula is C20H19Si. The summed E-state index contributed by atoms with van der Waals surface area (Å²) in [6.07, 6.45) is 0. The zero-order valence-electron chi connectivity index (χ0n) is 12.6. The summed E-state index contributed by atoms with van der Waals surface area (Å²) < 4.78 is 0. The van der Waals surface area contributed by atoms with Crippen LogP contribution in [-0.2, 0) is 0 Å². The zero-order valence-corrected chi connectivity index (χ0v) is 13.6. The lowest BCUT2D eigenvalue weighted by molar-refractivity contribution is 0.940. The summed E-state index contributed by atoms with van der Waals surface area (Å²) in [5.74, 6) is 0.602. The Bertz CT molecular complexity index is 817. The number of fused-ring (bicyclic) bond motifs is 5. The summed E-state index contributed by atoms with van der Waals surface area (Å²) in [5, 5.41) is 2.76. The maximum Gasteiger partial charge on any atom is 0.0422 e. The predicted molar refractivity (Wildman–Crippen MR) is 93.5 cm³/mol. The van der Waals surface area contributed by atoms with Gasteiger partial charge in [-0.15, -0.1) is 0 Å². The Morgan fingerprint density at radius 1 is 0.810 bits per heavy atom. The van der Waals surface area contributed by atoms with Crippen molar-refractivity contribution < 1.29 is 0 Å². The molecule has 0 fully saturated rings. The summed E-state index contributed by atoms with van der Waals surface area (Å²) in [5.41, 5.74) is 6.02. The van der Waals surface area contributed by atoms with E-state index in [2.05, 4.69) is 73.8 Å². The van der Waals surface area contributed by atoms with Crippen molar-refractivity contribution >= 4 is 19.6 Å². The predicted octanol–water partition coefficient (Wildman–Crippen LogP) is 5.71. The minimum atomic E-state index is -0.254. The van der Waals surface area contributed by atoms with E-state index in [4.69, 9.17) is 0 Å². The first-order valence-corrected chi connectivity index (χ1v) is 10.4. The van der Waals surface area contributed by atoms with Gasteiger partial charge in [0.1, 0.15) is 0 Å². The van der Waals surface area contributed by atoms with Crippen molar-refractivity contribution in [1.29, 1.82) is 0 Å². The van der Waals surface area contributed by atoms with E-state index in [9.17, 15) is 0 Å². The second-order valence-corrected chi connectivity index (χ2v) is 9.12. The van der Waals surface area contributed by atoms with Crippen LogP contribution in [0.3, 0.4) is 0 Å². The third kappa shape index (κ3) is 1.96. The minimum Gasteiger partial charge on any atom is -0.0712 e. The summed E-state index contributed by atoms with van der Waals surface area (Å²) in [4.78, 5) is 0. The standard InChI is InChI=1S/C20H19Si/c1-21(2)13-19-16-9-5-6-10-17(16)20-15-8-4-3-7-14(15)11-12-18(19)20/h3-12,19H,13H2,1-2H3. The molecule has 1 aliphatic rings. The van der Waals surface area contributed by atoms with E-state index in [1.807, 2.05) is 0 Å². The van der Waals surface area contributed by atoms with Gasteiger partial charge in [0.25, 0.3) is 0 Å². The van der Waals surface area contributed by atoms with Crippen LogP contribution in [0.2, 0.25) is 19.1 Å². The van der Waals surface area contributed by atoms with Gasteiger partial charge in [0, 0.05) is 14.7 Å². The summed E-state index contributed by atoms with van der Waals surface area (Å²) >= 11 is 0. The minimum absolute atomic E-state index is 0.254. The Hall–Kier alpha value is -1.86. The molecule has 0 saturated heterocycles. The van der Waals surface area contributed by atoms with E-state index >= 15 is 0 Å². The van der Waals surface area contributed by atoms with Crippen molar-refractivity contribution in [1.82, 2.24) is 0 Å². The molecular weight excluding hydrogens is 268 g/mol. The number of benzene rings is 3. The van der Waals surface area contributed by atoms with Crippen molar-refractivity contribution in [2.24, 2.45) is 0 Å². The van der Waals surface area contributed by atoms with Gasteiger partial charge >= 0.3 is 0 Å². The van der Waals surface area contributed by atoms with Crippen LogP contribution >= 0.6 is 0 Å². The lowest BCUT2D eigenvalue weighted by Crippen LogP contribution is -2.07. The van der Waals surface area contributed by atoms with Crippen molar-refractivity contribution in [3.05, 3.63) is 71.8 Å². The molecule has 0 aliphatic heterocycles. The third-order valence-electron chi connectivity index (χ3n) is 4.55. The van der Waals surface area contributed by atoms with Crippen LogP contribution in [-0.4, -0.2) is 8.80 Å². The molecule has 1 radical (unpaired) electrons. The summed E-state index contributed by atoms with van der Waals surface area (Å²) in [7, 11) is -0.254. The fourth-order valence-corrected chi connectivity index (χ4v) is 4.96. The molecule has 0 N–H and O–H groups in total. The van der Waals surface area contributed by atoms with E-state index in [0.717, 1.165) is 0 Å². The maximum absolute atomic E-state index is 2.42. The first-order chi connectivity index (χ1) is 10.3. The van der Waals surface area contributed by atoms with Gasteiger partial charge in [0.2, 0.25) is 0 Å². The van der Waals surface area contributed by atoms with Gasteiger partial charge in [-0.3, -0.25) is 0 Å². The molecule has 3 aromatic carbocycles. The quantitative estimate of drug-likeness (QED) is 0.530. The van der Waals surface area contributed by atoms with Crippen LogP contribution in [0.5, 0.6) is 0 Å². The molecule has 0 saturated carbocycles. The van der Waals surface area contributed by atoms with Crippen LogP contribution in [0.15, 0.2) is 60.7 Å². The van der Waals surface area contributed by atoms with Crippen molar-refractivity contribution in [2.75, 3.05) is 0 Å². The highest BCUT2D eigenvalue weighted by molar-refractivity contribution is 6.56. The molecule has 0 amide bonds. The fraction of sp³-hybridized carbons (Fsp3) is 0.200. The lowest BCUT2D eigenvalue weighted by atomic mass is 9.96. The molecule has 21 heavy (non-hydrogen) atoms. The lowest BCUT2D eigenvalue weighted by Gasteiger charge is -2.15. The van der Waals surface area contributed by atoms with Gasteiger partial charge in [-0.1, -0.05) is 73.8 Å². The van der Waals surface area contributed by atoms with Gasteiger partial charge in [0.05, 0.1) is 0 Å². The summed E-state index contributed by atoms with van der Waals surface area (Å²) in [6, 6.07) is 23.8. The average Bonchev–Trinajstić information content (AvgIpc) is 2.82. The van der Waals surface area contributed by atoms with E-state index in [1.54, 1.807) is 5.56 Å². The van der Waals surface area contributed by atoms with Gasteiger partial charge in [0.15, 0.2) is 0 Å². The Balaban J connectivity index is 2.04. The van der Waals surface area contributed by atoms with Gasteiger partial charge in [-0.2, -0.15) is 0 Å². The highest BCUT2D eigenvalue weighted by Crippen LogP contribution is 2.49. The molecule has 1 unspecified atom stereocenters. The summed E-state index contributed by atoms with van der Waals surface area (Å²) in [6.45, 7) is 4.85. The van der Waals surface area contributed by atoms with Crippen LogP contribution in [0, 0.1) is 0 Å². The molecule has 1 heteroatoms. The normalized spacial score (nSPS) is 16.2. The molecule has 4 rings (SSSR count). The van der Waals surface area contributed by atoms with Gasteiger partial charge in [-0.05, 0) is 39.1 Å². The second kappa shape index (κ2) is 4.85. The average molecular weight is 287 g/mol. The number of hydrogen-bond acceptors (Lipinski definition) is 0. The van der Waals surface area contributed by atoms with E-state index < -0.39 is 0 Å². The zero-order chi connectivity index (χ0) is 14.4. The monoisotopic (exact) mass is 287 g/mol. The molecule has 103 valence electrons. The second-order valence-electron chi connectivity index (χ2n) is 6.30. The van der Waals surface area contributed by atoms with Gasteiger partial charge < -0.3 is 0 Å². The van der Waals surface area contributed by atoms with E-state index in [1.165, 1.54) is 33.5 Å². The largest absolute Gasteiger partial charge is 0.0712 e. The van der Waals surface area contributed by atoms with Crippen LogP contribution in [0.1, 0.15) is 17.0 Å². The van der Waals surface area contributed by atoms with Crippen LogP contribution < -0.4 is 0 Å². The SMILES string of the molecule is C[Si](C)CC1c2ccccc2-c2c1ccc1ccccc21. The van der Waals surface area contributed by atoms with E-state index in [0.29, 0.717) is 5.92 Å². The molecule has 3 aromatic rings. The molecule has 0 nitrogen and oxygen atoms in total. The van der Waals surface area contributed by atoms with Crippen molar-refractivity contribution in [3.8, 4) is 11.1 Å². The Labute approximate surface area is 128 Å². The van der Waals surface area contributed by atoms with Crippen LogP contribution in [0.25, 0.3) is 21.9 Å². The maximum atomic E-state index is 2.42. The molecule has 0 bridgehead atoms.